The van der Waals surface area contributed by atoms with Crippen molar-refractivity contribution in [1.29, 1.82) is 0 Å². The standard InChI is InChI=1S/C43H31N3O/c1-3-9-36(10-4-1)44-37-25-19-33(20-26-37)31-15-17-32(18-16-31)34-21-27-39(28-22-34)46(38-11-5-2-6-12-38)40-29-23-35(24-30-40)43-45-41-13-7-8-14-42(41)47-43/h1-30,44H. The lowest BCUT2D eigenvalue weighted by molar-refractivity contribution is 0.620. The molecule has 1 N–H and O–H groups in total. The molecule has 0 fully saturated rings. The Bertz CT molecular complexity index is 2190. The molecule has 0 spiro atoms. The zero-order chi connectivity index (χ0) is 31.4. The smallest absolute Gasteiger partial charge is 0.227 e. The van der Waals surface area contributed by atoms with Gasteiger partial charge in [0.05, 0.1) is 0 Å². The first-order chi connectivity index (χ1) is 23.3. The van der Waals surface area contributed by atoms with Gasteiger partial charge in [0.25, 0.3) is 0 Å². The topological polar surface area (TPSA) is 41.3 Å². The maximum absolute atomic E-state index is 6.01. The van der Waals surface area contributed by atoms with Gasteiger partial charge in [0.1, 0.15) is 5.52 Å². The van der Waals surface area contributed by atoms with Crippen LogP contribution in [0.1, 0.15) is 0 Å². The minimum atomic E-state index is 0.622. The van der Waals surface area contributed by atoms with Crippen LogP contribution in [0.15, 0.2) is 186 Å². The Morgan fingerprint density at radius 1 is 0.383 bits per heavy atom. The van der Waals surface area contributed by atoms with Crippen molar-refractivity contribution in [2.45, 2.75) is 0 Å². The van der Waals surface area contributed by atoms with Crippen molar-refractivity contribution in [3.05, 3.63) is 182 Å². The normalized spacial score (nSPS) is 11.0. The maximum Gasteiger partial charge on any atom is 0.227 e. The fraction of sp³-hybridized carbons (Fsp3) is 0. The third kappa shape index (κ3) is 6.00. The number of para-hydroxylation sites is 4. The average molecular weight is 606 g/mol. The summed E-state index contributed by atoms with van der Waals surface area (Å²) in [5.41, 5.74) is 12.7. The number of nitrogens with zero attached hydrogens (tertiary/aromatic N) is 2. The van der Waals surface area contributed by atoms with Crippen LogP contribution in [0.3, 0.4) is 0 Å². The molecule has 1 heterocycles. The molecule has 4 heteroatoms. The Morgan fingerprint density at radius 2 is 0.809 bits per heavy atom. The number of benzene rings is 7. The van der Waals surface area contributed by atoms with Gasteiger partial charge < -0.3 is 14.6 Å². The lowest BCUT2D eigenvalue weighted by Gasteiger charge is -2.25. The van der Waals surface area contributed by atoms with Crippen LogP contribution in [0.5, 0.6) is 0 Å². The first-order valence-corrected chi connectivity index (χ1v) is 15.7. The monoisotopic (exact) mass is 605 g/mol. The molecular weight excluding hydrogens is 574 g/mol. The van der Waals surface area contributed by atoms with E-state index in [1.54, 1.807) is 0 Å². The highest BCUT2D eigenvalue weighted by Crippen LogP contribution is 2.37. The lowest BCUT2D eigenvalue weighted by Crippen LogP contribution is -2.09. The van der Waals surface area contributed by atoms with E-state index in [1.165, 1.54) is 22.3 Å². The van der Waals surface area contributed by atoms with E-state index in [1.807, 2.05) is 48.5 Å². The molecule has 8 rings (SSSR count). The van der Waals surface area contributed by atoms with Gasteiger partial charge in [-0.05, 0) is 107 Å². The molecule has 0 amide bonds. The van der Waals surface area contributed by atoms with E-state index >= 15 is 0 Å². The van der Waals surface area contributed by atoms with Crippen LogP contribution in [0.25, 0.3) is 44.8 Å². The van der Waals surface area contributed by atoms with Crippen molar-refractivity contribution in [3.63, 3.8) is 0 Å². The highest BCUT2D eigenvalue weighted by molar-refractivity contribution is 5.81. The summed E-state index contributed by atoms with van der Waals surface area (Å²) in [5.74, 6) is 0.622. The summed E-state index contributed by atoms with van der Waals surface area (Å²) in [7, 11) is 0. The summed E-state index contributed by atoms with van der Waals surface area (Å²) in [6.07, 6.45) is 0. The molecule has 4 nitrogen and oxygen atoms in total. The third-order valence-electron chi connectivity index (χ3n) is 8.31. The number of oxazole rings is 1. The predicted molar refractivity (Wildman–Crippen MR) is 195 cm³/mol. The van der Waals surface area contributed by atoms with E-state index in [0.717, 1.165) is 45.1 Å². The van der Waals surface area contributed by atoms with Crippen LogP contribution in [0, 0.1) is 0 Å². The molecule has 0 saturated carbocycles. The number of hydrogen-bond donors (Lipinski definition) is 1. The van der Waals surface area contributed by atoms with Crippen molar-refractivity contribution in [3.8, 4) is 33.7 Å². The van der Waals surface area contributed by atoms with Gasteiger partial charge >= 0.3 is 0 Å². The summed E-state index contributed by atoms with van der Waals surface area (Å²) in [5, 5.41) is 3.45. The molecule has 0 unspecified atom stereocenters. The molecule has 0 aliphatic rings. The van der Waals surface area contributed by atoms with Crippen LogP contribution in [0.2, 0.25) is 0 Å². The SMILES string of the molecule is c1ccc(Nc2ccc(-c3ccc(-c4ccc(N(c5ccccc5)c5ccc(-c6nc7ccccc7o6)cc5)cc4)cc3)cc2)cc1. The van der Waals surface area contributed by atoms with Gasteiger partial charge in [-0.15, -0.1) is 0 Å². The van der Waals surface area contributed by atoms with Crippen LogP contribution >= 0.6 is 0 Å². The Hall–Kier alpha value is -6.39. The van der Waals surface area contributed by atoms with Crippen LogP contribution in [0.4, 0.5) is 28.4 Å². The molecule has 0 bridgehead atoms. The zero-order valence-electron chi connectivity index (χ0n) is 25.6. The van der Waals surface area contributed by atoms with Crippen molar-refractivity contribution < 1.29 is 4.42 Å². The van der Waals surface area contributed by atoms with Crippen LogP contribution in [-0.4, -0.2) is 4.98 Å². The number of aromatic nitrogens is 1. The van der Waals surface area contributed by atoms with Crippen LogP contribution < -0.4 is 10.2 Å². The molecule has 0 saturated heterocycles. The number of fused-ring (bicyclic) bond motifs is 1. The average Bonchev–Trinajstić information content (AvgIpc) is 3.58. The van der Waals surface area contributed by atoms with E-state index in [-0.39, 0.29) is 0 Å². The Balaban J connectivity index is 1.02. The van der Waals surface area contributed by atoms with E-state index in [2.05, 4.69) is 149 Å². The Morgan fingerprint density at radius 3 is 1.38 bits per heavy atom. The largest absolute Gasteiger partial charge is 0.436 e. The number of hydrogen-bond acceptors (Lipinski definition) is 4. The highest BCUT2D eigenvalue weighted by Gasteiger charge is 2.14. The van der Waals surface area contributed by atoms with Crippen molar-refractivity contribution in [1.82, 2.24) is 4.98 Å². The molecule has 47 heavy (non-hydrogen) atoms. The molecule has 0 aliphatic carbocycles. The van der Waals surface area contributed by atoms with E-state index < -0.39 is 0 Å². The number of nitrogens with one attached hydrogen (secondary N) is 1. The van der Waals surface area contributed by atoms with Crippen molar-refractivity contribution in [2.75, 3.05) is 10.2 Å². The molecule has 0 aliphatic heterocycles. The van der Waals surface area contributed by atoms with Gasteiger partial charge in [-0.25, -0.2) is 4.98 Å². The molecular formula is C43H31N3O. The van der Waals surface area contributed by atoms with Gasteiger partial charge in [-0.1, -0.05) is 97.1 Å². The Labute approximate surface area is 274 Å². The molecule has 7 aromatic carbocycles. The predicted octanol–water partition coefficient (Wildman–Crippen LogP) is 12.0. The minimum absolute atomic E-state index is 0.622. The third-order valence-corrected chi connectivity index (χ3v) is 8.31. The van der Waals surface area contributed by atoms with Gasteiger partial charge in [0.2, 0.25) is 5.89 Å². The first kappa shape index (κ1) is 28.1. The maximum atomic E-state index is 6.01. The van der Waals surface area contributed by atoms with Crippen molar-refractivity contribution in [2.24, 2.45) is 0 Å². The van der Waals surface area contributed by atoms with Crippen LogP contribution in [-0.2, 0) is 0 Å². The molecule has 0 atom stereocenters. The van der Waals surface area contributed by atoms with Gasteiger partial charge in [-0.3, -0.25) is 0 Å². The molecule has 1 aromatic heterocycles. The summed E-state index contributed by atoms with van der Waals surface area (Å²) < 4.78 is 6.01. The molecule has 8 aromatic rings. The second kappa shape index (κ2) is 12.5. The molecule has 0 radical (unpaired) electrons. The molecule has 224 valence electrons. The highest BCUT2D eigenvalue weighted by atomic mass is 16.3. The van der Waals surface area contributed by atoms with E-state index in [9.17, 15) is 0 Å². The second-order valence-corrected chi connectivity index (χ2v) is 11.4. The van der Waals surface area contributed by atoms with E-state index in [4.69, 9.17) is 4.42 Å². The second-order valence-electron chi connectivity index (χ2n) is 11.4. The van der Waals surface area contributed by atoms with Crippen molar-refractivity contribution >= 4 is 39.5 Å². The van der Waals surface area contributed by atoms with Gasteiger partial charge in [0.15, 0.2) is 5.58 Å². The quantitative estimate of drug-likeness (QED) is 0.187. The van der Waals surface area contributed by atoms with Gasteiger partial charge in [0, 0.05) is 34.0 Å². The summed E-state index contributed by atoms with van der Waals surface area (Å²) in [6.45, 7) is 0. The van der Waals surface area contributed by atoms with Gasteiger partial charge in [-0.2, -0.15) is 0 Å². The van der Waals surface area contributed by atoms with E-state index in [0.29, 0.717) is 5.89 Å². The fourth-order valence-corrected chi connectivity index (χ4v) is 5.87. The summed E-state index contributed by atoms with van der Waals surface area (Å²) in [4.78, 5) is 6.93. The zero-order valence-corrected chi connectivity index (χ0v) is 25.6. The summed E-state index contributed by atoms with van der Waals surface area (Å²) >= 11 is 0. The number of rotatable bonds is 8. The summed E-state index contributed by atoms with van der Waals surface area (Å²) in [6, 6.07) is 63.0. The minimum Gasteiger partial charge on any atom is -0.436 e. The fourth-order valence-electron chi connectivity index (χ4n) is 5.87. The first-order valence-electron chi connectivity index (χ1n) is 15.7. The number of anilines is 5. The lowest BCUT2D eigenvalue weighted by atomic mass is 10.00. The Kier molecular flexibility index (Phi) is 7.50.